The molecule has 0 spiro atoms. The number of rotatable bonds is 8. The van der Waals surface area contributed by atoms with Gasteiger partial charge >= 0.3 is 0 Å². The zero-order chi connectivity index (χ0) is 10.9. The molecule has 0 bridgehead atoms. The lowest BCUT2D eigenvalue weighted by atomic mass is 10.0. The summed E-state index contributed by atoms with van der Waals surface area (Å²) in [4.78, 5) is 0. The van der Waals surface area contributed by atoms with Gasteiger partial charge in [-0.3, -0.25) is 0 Å². The smallest absolute Gasteiger partial charge is 0.0509 e. The highest BCUT2D eigenvalue weighted by Crippen LogP contribution is 2.16. The van der Waals surface area contributed by atoms with Crippen LogP contribution in [-0.2, 0) is 4.74 Å². The van der Waals surface area contributed by atoms with E-state index in [1.165, 1.54) is 19.3 Å². The Bertz CT molecular complexity index is 147. The van der Waals surface area contributed by atoms with E-state index in [1.807, 2.05) is 0 Å². The van der Waals surface area contributed by atoms with E-state index in [0.29, 0.717) is 18.6 Å². The molecule has 1 rings (SSSR count). The van der Waals surface area contributed by atoms with Gasteiger partial charge in [-0.05, 0) is 38.6 Å². The molecule has 0 amide bonds. The van der Waals surface area contributed by atoms with E-state index in [1.54, 1.807) is 0 Å². The lowest BCUT2D eigenvalue weighted by Crippen LogP contribution is -2.34. The second-order valence-corrected chi connectivity index (χ2v) is 4.50. The van der Waals surface area contributed by atoms with Crippen LogP contribution < -0.4 is 5.32 Å². The van der Waals surface area contributed by atoms with Crippen LogP contribution in [0.3, 0.4) is 0 Å². The molecule has 3 nitrogen and oxygen atoms in total. The SMILES string of the molecule is CC(NCCCCCCO)C1CCOC1. The summed E-state index contributed by atoms with van der Waals surface area (Å²) in [5, 5.41) is 12.2. The average molecular weight is 215 g/mol. The number of aliphatic hydroxyl groups is 1. The Labute approximate surface area is 93.2 Å². The monoisotopic (exact) mass is 215 g/mol. The highest BCUT2D eigenvalue weighted by atomic mass is 16.5. The van der Waals surface area contributed by atoms with Crippen molar-refractivity contribution in [1.29, 1.82) is 0 Å². The normalized spacial score (nSPS) is 23.2. The zero-order valence-corrected chi connectivity index (χ0v) is 9.87. The summed E-state index contributed by atoms with van der Waals surface area (Å²) in [5.41, 5.74) is 0. The summed E-state index contributed by atoms with van der Waals surface area (Å²) in [6.07, 6.45) is 5.75. The molecule has 1 aliphatic rings. The minimum atomic E-state index is 0.337. The van der Waals surface area contributed by atoms with Crippen LogP contribution in [0.15, 0.2) is 0 Å². The van der Waals surface area contributed by atoms with Crippen molar-refractivity contribution in [3.05, 3.63) is 0 Å². The van der Waals surface area contributed by atoms with Crippen molar-refractivity contribution in [3.63, 3.8) is 0 Å². The molecule has 0 aromatic carbocycles. The van der Waals surface area contributed by atoms with E-state index in [2.05, 4.69) is 12.2 Å². The third kappa shape index (κ3) is 5.50. The zero-order valence-electron chi connectivity index (χ0n) is 9.87. The van der Waals surface area contributed by atoms with Gasteiger partial charge in [0.05, 0.1) is 6.61 Å². The van der Waals surface area contributed by atoms with Crippen molar-refractivity contribution >= 4 is 0 Å². The first kappa shape index (κ1) is 12.9. The molecule has 1 saturated heterocycles. The maximum Gasteiger partial charge on any atom is 0.0509 e. The summed E-state index contributed by atoms with van der Waals surface area (Å²) >= 11 is 0. The van der Waals surface area contributed by atoms with Crippen molar-refractivity contribution in [2.45, 2.75) is 45.1 Å². The van der Waals surface area contributed by atoms with E-state index in [-0.39, 0.29) is 0 Å². The maximum absolute atomic E-state index is 8.63. The predicted octanol–water partition coefficient (Wildman–Crippen LogP) is 1.55. The molecule has 90 valence electrons. The van der Waals surface area contributed by atoms with Crippen molar-refractivity contribution in [3.8, 4) is 0 Å². The Hall–Kier alpha value is -0.120. The van der Waals surface area contributed by atoms with Crippen LogP contribution in [0.1, 0.15) is 39.0 Å². The van der Waals surface area contributed by atoms with E-state index < -0.39 is 0 Å². The molecule has 1 aliphatic heterocycles. The summed E-state index contributed by atoms with van der Waals surface area (Å²) in [6, 6.07) is 0.588. The van der Waals surface area contributed by atoms with Crippen LogP contribution >= 0.6 is 0 Å². The van der Waals surface area contributed by atoms with Crippen molar-refractivity contribution in [2.75, 3.05) is 26.4 Å². The average Bonchev–Trinajstić information content (AvgIpc) is 2.76. The second-order valence-electron chi connectivity index (χ2n) is 4.50. The molecule has 0 aliphatic carbocycles. The highest BCUT2D eigenvalue weighted by Gasteiger charge is 2.21. The van der Waals surface area contributed by atoms with Crippen LogP contribution in [0.4, 0.5) is 0 Å². The van der Waals surface area contributed by atoms with Gasteiger partial charge in [0.2, 0.25) is 0 Å². The fraction of sp³-hybridized carbons (Fsp3) is 1.00. The first-order chi connectivity index (χ1) is 7.34. The molecular formula is C12H25NO2. The van der Waals surface area contributed by atoms with Crippen LogP contribution in [-0.4, -0.2) is 37.5 Å². The summed E-state index contributed by atoms with van der Waals surface area (Å²) in [7, 11) is 0. The van der Waals surface area contributed by atoms with E-state index in [0.717, 1.165) is 32.6 Å². The predicted molar refractivity (Wildman–Crippen MR) is 61.9 cm³/mol. The number of hydrogen-bond acceptors (Lipinski definition) is 3. The Morgan fingerprint density at radius 1 is 1.33 bits per heavy atom. The molecule has 15 heavy (non-hydrogen) atoms. The summed E-state index contributed by atoms with van der Waals surface area (Å²) in [5.74, 6) is 0.711. The summed E-state index contributed by atoms with van der Waals surface area (Å²) in [6.45, 7) is 5.56. The topological polar surface area (TPSA) is 41.5 Å². The molecule has 1 heterocycles. The first-order valence-electron chi connectivity index (χ1n) is 6.26. The van der Waals surface area contributed by atoms with Gasteiger partial charge in [-0.1, -0.05) is 12.8 Å². The fourth-order valence-electron chi connectivity index (χ4n) is 2.03. The molecule has 2 unspecified atom stereocenters. The van der Waals surface area contributed by atoms with Crippen LogP contribution in [0.25, 0.3) is 0 Å². The minimum absolute atomic E-state index is 0.337. The largest absolute Gasteiger partial charge is 0.396 e. The fourth-order valence-corrected chi connectivity index (χ4v) is 2.03. The van der Waals surface area contributed by atoms with Crippen LogP contribution in [0, 0.1) is 5.92 Å². The van der Waals surface area contributed by atoms with E-state index in [9.17, 15) is 0 Å². The van der Waals surface area contributed by atoms with Gasteiger partial charge in [0, 0.05) is 19.3 Å². The molecule has 0 radical (unpaired) electrons. The Morgan fingerprint density at radius 3 is 2.80 bits per heavy atom. The van der Waals surface area contributed by atoms with Gasteiger partial charge in [0.25, 0.3) is 0 Å². The number of unbranched alkanes of at least 4 members (excludes halogenated alkanes) is 3. The maximum atomic E-state index is 8.63. The molecular weight excluding hydrogens is 190 g/mol. The Morgan fingerprint density at radius 2 is 2.13 bits per heavy atom. The standard InChI is InChI=1S/C12H25NO2/c1-11(12-6-9-15-10-12)13-7-4-2-3-5-8-14/h11-14H,2-10H2,1H3. The quantitative estimate of drug-likeness (QED) is 0.604. The lowest BCUT2D eigenvalue weighted by molar-refractivity contribution is 0.178. The molecule has 0 aromatic rings. The van der Waals surface area contributed by atoms with Gasteiger partial charge in [0.1, 0.15) is 0 Å². The molecule has 1 fully saturated rings. The molecule has 2 N–H and O–H groups in total. The Kier molecular flexibility index (Phi) is 6.98. The van der Waals surface area contributed by atoms with Crippen molar-refractivity contribution < 1.29 is 9.84 Å². The third-order valence-electron chi connectivity index (χ3n) is 3.22. The minimum Gasteiger partial charge on any atom is -0.396 e. The van der Waals surface area contributed by atoms with Gasteiger partial charge in [-0.25, -0.2) is 0 Å². The number of nitrogens with one attached hydrogen (secondary N) is 1. The first-order valence-corrected chi connectivity index (χ1v) is 6.26. The second kappa shape index (κ2) is 8.08. The van der Waals surface area contributed by atoms with Crippen LogP contribution in [0.5, 0.6) is 0 Å². The van der Waals surface area contributed by atoms with Crippen molar-refractivity contribution in [2.24, 2.45) is 5.92 Å². The van der Waals surface area contributed by atoms with E-state index >= 15 is 0 Å². The van der Waals surface area contributed by atoms with Gasteiger partial charge < -0.3 is 15.2 Å². The molecule has 0 aromatic heterocycles. The number of ether oxygens (including phenoxy) is 1. The van der Waals surface area contributed by atoms with Crippen LogP contribution in [0.2, 0.25) is 0 Å². The Balaban J connectivity index is 1.90. The highest BCUT2D eigenvalue weighted by molar-refractivity contribution is 4.75. The van der Waals surface area contributed by atoms with Gasteiger partial charge in [-0.15, -0.1) is 0 Å². The van der Waals surface area contributed by atoms with Gasteiger partial charge in [-0.2, -0.15) is 0 Å². The molecule has 3 heteroatoms. The number of aliphatic hydroxyl groups excluding tert-OH is 1. The van der Waals surface area contributed by atoms with Crippen molar-refractivity contribution in [1.82, 2.24) is 5.32 Å². The third-order valence-corrected chi connectivity index (χ3v) is 3.22. The van der Waals surface area contributed by atoms with Gasteiger partial charge in [0.15, 0.2) is 0 Å². The molecule has 2 atom stereocenters. The number of hydrogen-bond donors (Lipinski definition) is 2. The van der Waals surface area contributed by atoms with E-state index in [4.69, 9.17) is 9.84 Å². The summed E-state index contributed by atoms with van der Waals surface area (Å²) < 4.78 is 5.37. The lowest BCUT2D eigenvalue weighted by Gasteiger charge is -2.19. The molecule has 0 saturated carbocycles.